The summed E-state index contributed by atoms with van der Waals surface area (Å²) in [6, 6.07) is 0. The van der Waals surface area contributed by atoms with Crippen molar-refractivity contribution in [3.8, 4) is 0 Å². The van der Waals surface area contributed by atoms with E-state index in [-0.39, 0.29) is 0 Å². The number of aryl methyl sites for hydroxylation is 2. The van der Waals surface area contributed by atoms with Crippen LogP contribution >= 0.6 is 15.9 Å². The minimum absolute atomic E-state index is 0.386. The van der Waals surface area contributed by atoms with Crippen LogP contribution in [0.4, 0.5) is 0 Å². The predicted molar refractivity (Wildman–Crippen MR) is 75.6 cm³/mol. The molecule has 1 fully saturated rings. The molecule has 5 heteroatoms. The van der Waals surface area contributed by atoms with Gasteiger partial charge in [0.1, 0.15) is 0 Å². The van der Waals surface area contributed by atoms with Crippen molar-refractivity contribution in [3.63, 3.8) is 0 Å². The normalized spacial score (nSPS) is 21.4. The second-order valence-electron chi connectivity index (χ2n) is 4.80. The van der Waals surface area contributed by atoms with Crippen LogP contribution in [0.3, 0.4) is 0 Å². The second kappa shape index (κ2) is 6.17. The summed E-state index contributed by atoms with van der Waals surface area (Å²) in [6.07, 6.45) is 1.47. The van der Waals surface area contributed by atoms with Crippen molar-refractivity contribution >= 4 is 15.9 Å². The Bertz CT molecular complexity index is 405. The third kappa shape index (κ3) is 2.95. The Morgan fingerprint density at radius 3 is 2.89 bits per heavy atom. The van der Waals surface area contributed by atoms with Crippen molar-refractivity contribution < 1.29 is 4.74 Å². The molecule has 0 bridgehead atoms. The molecule has 0 spiro atoms. The van der Waals surface area contributed by atoms with Crippen LogP contribution < -0.4 is 0 Å². The lowest BCUT2D eigenvalue weighted by Gasteiger charge is -2.32. The second-order valence-corrected chi connectivity index (χ2v) is 5.59. The third-order valence-electron chi connectivity index (χ3n) is 3.50. The van der Waals surface area contributed by atoms with Crippen LogP contribution in [0.5, 0.6) is 0 Å². The molecule has 0 amide bonds. The molecule has 4 nitrogen and oxygen atoms in total. The van der Waals surface area contributed by atoms with Crippen molar-refractivity contribution in [2.24, 2.45) is 0 Å². The van der Waals surface area contributed by atoms with E-state index >= 15 is 0 Å². The lowest BCUT2D eigenvalue weighted by Crippen LogP contribution is -2.42. The zero-order valence-corrected chi connectivity index (χ0v) is 13.0. The van der Waals surface area contributed by atoms with Gasteiger partial charge in [0.2, 0.25) is 0 Å². The van der Waals surface area contributed by atoms with E-state index in [9.17, 15) is 0 Å². The zero-order chi connectivity index (χ0) is 13.1. The maximum atomic E-state index is 5.71. The van der Waals surface area contributed by atoms with Gasteiger partial charge in [0.25, 0.3) is 0 Å². The molecule has 1 aliphatic rings. The standard InChI is InChI=1S/C13H22BrN3O/c1-4-11-8-16(6-7-18-11)9-12-13(14)10(3)15-17(12)5-2/h11H,4-9H2,1-3H3. The van der Waals surface area contributed by atoms with Crippen LogP contribution in [0.15, 0.2) is 4.47 Å². The molecular formula is C13H22BrN3O. The Kier molecular flexibility index (Phi) is 4.81. The van der Waals surface area contributed by atoms with E-state index in [4.69, 9.17) is 4.74 Å². The number of morpholine rings is 1. The molecule has 0 radical (unpaired) electrons. The first-order valence-corrected chi connectivity index (χ1v) is 7.50. The van der Waals surface area contributed by atoms with Gasteiger partial charge in [-0.1, -0.05) is 6.92 Å². The van der Waals surface area contributed by atoms with E-state index in [0.29, 0.717) is 6.10 Å². The topological polar surface area (TPSA) is 30.3 Å². The van der Waals surface area contributed by atoms with Crippen molar-refractivity contribution in [3.05, 3.63) is 15.9 Å². The van der Waals surface area contributed by atoms with Gasteiger partial charge in [0.15, 0.2) is 0 Å². The molecule has 0 saturated carbocycles. The first-order chi connectivity index (χ1) is 8.65. The molecule has 2 heterocycles. The number of hydrogen-bond donors (Lipinski definition) is 0. The van der Waals surface area contributed by atoms with Gasteiger partial charge in [-0.15, -0.1) is 0 Å². The Balaban J connectivity index is 2.08. The average Bonchev–Trinajstić information content (AvgIpc) is 2.67. The molecule has 1 aliphatic heterocycles. The van der Waals surface area contributed by atoms with Crippen LogP contribution in [-0.2, 0) is 17.8 Å². The van der Waals surface area contributed by atoms with Crippen LogP contribution in [-0.4, -0.2) is 40.5 Å². The van der Waals surface area contributed by atoms with Crippen molar-refractivity contribution in [1.82, 2.24) is 14.7 Å². The van der Waals surface area contributed by atoms with E-state index in [1.54, 1.807) is 0 Å². The van der Waals surface area contributed by atoms with Crippen molar-refractivity contribution in [2.45, 2.75) is 46.4 Å². The van der Waals surface area contributed by atoms with E-state index < -0.39 is 0 Å². The minimum Gasteiger partial charge on any atom is -0.376 e. The smallest absolute Gasteiger partial charge is 0.0739 e. The number of hydrogen-bond acceptors (Lipinski definition) is 3. The molecule has 1 unspecified atom stereocenters. The van der Waals surface area contributed by atoms with Gasteiger partial charge in [0, 0.05) is 26.2 Å². The first-order valence-electron chi connectivity index (χ1n) is 6.71. The summed E-state index contributed by atoms with van der Waals surface area (Å²) in [5, 5.41) is 4.55. The van der Waals surface area contributed by atoms with Gasteiger partial charge in [-0.2, -0.15) is 5.10 Å². The number of rotatable bonds is 4. The molecule has 1 aromatic heterocycles. The highest BCUT2D eigenvalue weighted by atomic mass is 79.9. The number of halogens is 1. The van der Waals surface area contributed by atoms with E-state index in [1.807, 2.05) is 6.92 Å². The van der Waals surface area contributed by atoms with Gasteiger partial charge >= 0.3 is 0 Å². The Morgan fingerprint density at radius 2 is 2.22 bits per heavy atom. The number of nitrogens with zero attached hydrogens (tertiary/aromatic N) is 3. The van der Waals surface area contributed by atoms with E-state index in [0.717, 1.165) is 49.4 Å². The molecule has 18 heavy (non-hydrogen) atoms. The fraction of sp³-hybridized carbons (Fsp3) is 0.769. The van der Waals surface area contributed by atoms with Crippen molar-refractivity contribution in [1.29, 1.82) is 0 Å². The highest BCUT2D eigenvalue weighted by Gasteiger charge is 2.22. The SMILES string of the molecule is CCC1CN(Cc2c(Br)c(C)nn2CC)CCO1. The maximum absolute atomic E-state index is 5.71. The zero-order valence-electron chi connectivity index (χ0n) is 11.4. The molecule has 102 valence electrons. The van der Waals surface area contributed by atoms with Crippen LogP contribution in [0.25, 0.3) is 0 Å². The number of aromatic nitrogens is 2. The summed E-state index contributed by atoms with van der Waals surface area (Å²) in [4.78, 5) is 2.46. The van der Waals surface area contributed by atoms with Gasteiger partial charge in [0.05, 0.1) is 28.6 Å². The number of ether oxygens (including phenoxy) is 1. The Labute approximate surface area is 117 Å². The summed E-state index contributed by atoms with van der Waals surface area (Å²) < 4.78 is 8.96. The molecule has 0 aliphatic carbocycles. The Morgan fingerprint density at radius 1 is 1.44 bits per heavy atom. The van der Waals surface area contributed by atoms with Gasteiger partial charge in [-0.25, -0.2) is 0 Å². The first kappa shape index (κ1) is 14.0. The third-order valence-corrected chi connectivity index (χ3v) is 4.54. The molecule has 1 aromatic rings. The monoisotopic (exact) mass is 315 g/mol. The summed E-state index contributed by atoms with van der Waals surface area (Å²) in [7, 11) is 0. The molecule has 2 rings (SSSR count). The fourth-order valence-electron chi connectivity index (χ4n) is 2.40. The largest absolute Gasteiger partial charge is 0.376 e. The average molecular weight is 316 g/mol. The Hall–Kier alpha value is -0.390. The predicted octanol–water partition coefficient (Wildman–Crippen LogP) is 2.58. The fourth-order valence-corrected chi connectivity index (χ4v) is 2.81. The molecule has 0 N–H and O–H groups in total. The van der Waals surface area contributed by atoms with Crippen molar-refractivity contribution in [2.75, 3.05) is 19.7 Å². The summed E-state index contributed by atoms with van der Waals surface area (Å²) in [5.41, 5.74) is 2.36. The van der Waals surface area contributed by atoms with Gasteiger partial charge in [-0.3, -0.25) is 9.58 Å². The van der Waals surface area contributed by atoms with Gasteiger partial charge < -0.3 is 4.74 Å². The molecule has 1 saturated heterocycles. The summed E-state index contributed by atoms with van der Waals surface area (Å²) in [6.45, 7) is 11.1. The maximum Gasteiger partial charge on any atom is 0.0739 e. The lowest BCUT2D eigenvalue weighted by molar-refractivity contribution is -0.0332. The molecule has 0 aromatic carbocycles. The van der Waals surface area contributed by atoms with Gasteiger partial charge in [-0.05, 0) is 36.2 Å². The summed E-state index contributed by atoms with van der Waals surface area (Å²) >= 11 is 3.66. The van der Waals surface area contributed by atoms with Crippen LogP contribution in [0.1, 0.15) is 31.7 Å². The molecular weight excluding hydrogens is 294 g/mol. The lowest BCUT2D eigenvalue weighted by atomic mass is 10.2. The highest BCUT2D eigenvalue weighted by Crippen LogP contribution is 2.23. The van der Waals surface area contributed by atoms with Crippen LogP contribution in [0.2, 0.25) is 0 Å². The quantitative estimate of drug-likeness (QED) is 0.855. The summed E-state index contributed by atoms with van der Waals surface area (Å²) in [5.74, 6) is 0. The van der Waals surface area contributed by atoms with E-state index in [2.05, 4.69) is 44.5 Å². The highest BCUT2D eigenvalue weighted by molar-refractivity contribution is 9.10. The van der Waals surface area contributed by atoms with E-state index in [1.165, 1.54) is 5.69 Å². The minimum atomic E-state index is 0.386. The molecule has 1 atom stereocenters. The van der Waals surface area contributed by atoms with Crippen LogP contribution in [0, 0.1) is 6.92 Å².